The van der Waals surface area contributed by atoms with Crippen LogP contribution in [0, 0.1) is 11.8 Å². The zero-order valence-electron chi connectivity index (χ0n) is 12.0. The summed E-state index contributed by atoms with van der Waals surface area (Å²) in [6.07, 6.45) is 5.48. The highest BCUT2D eigenvalue weighted by Gasteiger charge is 2.28. The van der Waals surface area contributed by atoms with E-state index in [9.17, 15) is 4.79 Å². The summed E-state index contributed by atoms with van der Waals surface area (Å²) >= 11 is 7.98. The Morgan fingerprint density at radius 1 is 1.52 bits per heavy atom. The van der Waals surface area contributed by atoms with Crippen molar-refractivity contribution in [3.8, 4) is 11.8 Å². The second-order valence-electron chi connectivity index (χ2n) is 4.99. The number of halogens is 1. The Morgan fingerprint density at radius 3 is 3.00 bits per heavy atom. The van der Waals surface area contributed by atoms with Crippen molar-refractivity contribution in [3.63, 3.8) is 0 Å². The molecule has 2 atom stereocenters. The quantitative estimate of drug-likeness (QED) is 0.841. The monoisotopic (exact) mass is 322 g/mol. The summed E-state index contributed by atoms with van der Waals surface area (Å²) in [5.74, 6) is 5.57. The summed E-state index contributed by atoms with van der Waals surface area (Å²) in [5, 5.41) is 4.11. The molecular weight excluding hydrogens is 304 g/mol. The van der Waals surface area contributed by atoms with E-state index in [2.05, 4.69) is 23.4 Å². The van der Waals surface area contributed by atoms with Crippen molar-refractivity contribution in [2.45, 2.75) is 30.6 Å². The maximum absolute atomic E-state index is 12.3. The van der Waals surface area contributed by atoms with Crippen LogP contribution in [0.15, 0.2) is 18.2 Å². The number of nitrogens with two attached hydrogens (primary N) is 1. The van der Waals surface area contributed by atoms with Gasteiger partial charge in [0, 0.05) is 22.4 Å². The van der Waals surface area contributed by atoms with Gasteiger partial charge in [-0.1, -0.05) is 29.9 Å². The van der Waals surface area contributed by atoms with Crippen molar-refractivity contribution in [1.29, 1.82) is 0 Å². The lowest BCUT2D eigenvalue weighted by Gasteiger charge is -2.19. The Hall–Kier alpha value is -1.15. The number of carbonyl (C=O) groups is 1. The van der Waals surface area contributed by atoms with Crippen molar-refractivity contribution in [2.75, 3.05) is 12.8 Å². The minimum absolute atomic E-state index is 0.0683. The number of rotatable bonds is 3. The van der Waals surface area contributed by atoms with E-state index in [1.54, 1.807) is 18.2 Å². The third kappa shape index (κ3) is 4.16. The van der Waals surface area contributed by atoms with Gasteiger partial charge in [-0.25, -0.2) is 0 Å². The molecule has 1 aliphatic carbocycles. The van der Waals surface area contributed by atoms with E-state index in [1.165, 1.54) is 12.8 Å². The molecule has 2 rings (SSSR count). The molecule has 1 aromatic rings. The molecule has 1 amide bonds. The topological polar surface area (TPSA) is 55.1 Å². The van der Waals surface area contributed by atoms with Gasteiger partial charge in [0.1, 0.15) is 0 Å². The van der Waals surface area contributed by atoms with Gasteiger partial charge in [-0.3, -0.25) is 4.79 Å². The fraction of sp³-hybridized carbons (Fsp3) is 0.438. The second-order valence-corrected chi connectivity index (χ2v) is 6.47. The van der Waals surface area contributed by atoms with Crippen molar-refractivity contribution in [2.24, 2.45) is 5.73 Å². The SMILES string of the molecule is CSC1CCCC1NC(=O)c1ccc(C#CCN)c(Cl)c1. The average Bonchev–Trinajstić information content (AvgIpc) is 2.93. The standard InChI is InChI=1S/C16H19ClN2OS/c1-21-15-6-2-5-14(15)19-16(20)12-8-7-11(4-3-9-18)13(17)10-12/h7-8,10,14-15H,2,5-6,9,18H2,1H3,(H,19,20). The van der Waals surface area contributed by atoms with Gasteiger partial charge in [0.05, 0.1) is 11.6 Å². The summed E-state index contributed by atoms with van der Waals surface area (Å²) in [6.45, 7) is 0.288. The van der Waals surface area contributed by atoms with Gasteiger partial charge >= 0.3 is 0 Å². The molecule has 1 fully saturated rings. The van der Waals surface area contributed by atoms with Crippen LogP contribution >= 0.6 is 23.4 Å². The fourth-order valence-electron chi connectivity index (χ4n) is 2.53. The fourth-order valence-corrected chi connectivity index (χ4v) is 3.69. The first-order valence-corrected chi connectivity index (χ1v) is 8.64. The largest absolute Gasteiger partial charge is 0.348 e. The highest BCUT2D eigenvalue weighted by Crippen LogP contribution is 2.28. The molecular formula is C16H19ClN2OS. The highest BCUT2D eigenvalue weighted by molar-refractivity contribution is 7.99. The van der Waals surface area contributed by atoms with Crippen molar-refractivity contribution in [3.05, 3.63) is 34.3 Å². The second kappa shape index (κ2) is 7.74. The van der Waals surface area contributed by atoms with Crippen molar-refractivity contribution >= 4 is 29.3 Å². The van der Waals surface area contributed by atoms with Crippen LogP contribution in [-0.4, -0.2) is 30.0 Å². The van der Waals surface area contributed by atoms with Crippen LogP contribution in [0.3, 0.4) is 0 Å². The Kier molecular flexibility index (Phi) is 5.98. The van der Waals surface area contributed by atoms with E-state index >= 15 is 0 Å². The molecule has 0 radical (unpaired) electrons. The normalized spacial score (nSPS) is 20.7. The third-order valence-corrected chi connectivity index (χ3v) is 5.11. The average molecular weight is 323 g/mol. The van der Waals surface area contributed by atoms with E-state index in [4.69, 9.17) is 17.3 Å². The molecule has 0 aromatic heterocycles. The summed E-state index contributed by atoms with van der Waals surface area (Å²) in [5.41, 5.74) is 6.61. The van der Waals surface area contributed by atoms with E-state index in [0.717, 1.165) is 6.42 Å². The van der Waals surface area contributed by atoms with Crippen LogP contribution in [0.5, 0.6) is 0 Å². The predicted molar refractivity (Wildman–Crippen MR) is 89.8 cm³/mol. The first-order chi connectivity index (χ1) is 10.2. The van der Waals surface area contributed by atoms with E-state index in [0.29, 0.717) is 21.4 Å². The minimum atomic E-state index is -0.0683. The first-order valence-electron chi connectivity index (χ1n) is 6.98. The zero-order valence-corrected chi connectivity index (χ0v) is 13.6. The first kappa shape index (κ1) is 16.2. The van der Waals surface area contributed by atoms with Crippen LogP contribution in [-0.2, 0) is 0 Å². The highest BCUT2D eigenvalue weighted by atomic mass is 35.5. The minimum Gasteiger partial charge on any atom is -0.348 e. The van der Waals surface area contributed by atoms with Gasteiger partial charge in [0.2, 0.25) is 0 Å². The Morgan fingerprint density at radius 2 is 2.33 bits per heavy atom. The summed E-state index contributed by atoms with van der Waals surface area (Å²) in [4.78, 5) is 12.3. The lowest BCUT2D eigenvalue weighted by atomic mass is 10.1. The molecule has 0 aliphatic heterocycles. The Bertz CT molecular complexity index is 579. The van der Waals surface area contributed by atoms with Crippen LogP contribution in [0.25, 0.3) is 0 Å². The molecule has 0 saturated heterocycles. The van der Waals surface area contributed by atoms with Gasteiger partial charge in [-0.05, 0) is 37.3 Å². The van der Waals surface area contributed by atoms with Crippen LogP contribution in [0.1, 0.15) is 35.2 Å². The molecule has 5 heteroatoms. The molecule has 1 aliphatic rings. The molecule has 3 N–H and O–H groups in total. The lowest BCUT2D eigenvalue weighted by molar-refractivity contribution is 0.0938. The van der Waals surface area contributed by atoms with Crippen LogP contribution in [0.4, 0.5) is 0 Å². The number of amides is 1. The number of hydrogen-bond acceptors (Lipinski definition) is 3. The van der Waals surface area contributed by atoms with Crippen molar-refractivity contribution in [1.82, 2.24) is 5.32 Å². The zero-order chi connectivity index (χ0) is 15.2. The maximum Gasteiger partial charge on any atom is 0.251 e. The molecule has 0 spiro atoms. The van der Waals surface area contributed by atoms with Gasteiger partial charge in [0.15, 0.2) is 0 Å². The molecule has 3 nitrogen and oxygen atoms in total. The summed E-state index contributed by atoms with van der Waals surface area (Å²) < 4.78 is 0. The smallest absolute Gasteiger partial charge is 0.251 e. The molecule has 0 heterocycles. The van der Waals surface area contributed by atoms with Gasteiger partial charge in [-0.2, -0.15) is 11.8 Å². The molecule has 1 aromatic carbocycles. The summed E-state index contributed by atoms with van der Waals surface area (Å²) in [6, 6.07) is 5.44. The number of benzene rings is 1. The van der Waals surface area contributed by atoms with E-state index in [-0.39, 0.29) is 18.5 Å². The lowest BCUT2D eigenvalue weighted by Crippen LogP contribution is -2.38. The maximum atomic E-state index is 12.3. The van der Waals surface area contributed by atoms with Gasteiger partial charge in [0.25, 0.3) is 5.91 Å². The molecule has 2 unspecified atom stereocenters. The van der Waals surface area contributed by atoms with Crippen molar-refractivity contribution < 1.29 is 4.79 Å². The number of carbonyl (C=O) groups excluding carboxylic acids is 1. The van der Waals surface area contributed by atoms with Gasteiger partial charge in [-0.15, -0.1) is 0 Å². The predicted octanol–water partition coefficient (Wildman–Crippen LogP) is 2.66. The Balaban J connectivity index is 2.07. The molecule has 21 heavy (non-hydrogen) atoms. The van der Waals surface area contributed by atoms with E-state index in [1.807, 2.05) is 11.8 Å². The third-order valence-electron chi connectivity index (χ3n) is 3.63. The Labute approximate surface area is 135 Å². The van der Waals surface area contributed by atoms with Crippen LogP contribution in [0.2, 0.25) is 5.02 Å². The van der Waals surface area contributed by atoms with Crippen LogP contribution < -0.4 is 11.1 Å². The number of nitrogens with one attached hydrogen (secondary N) is 1. The summed E-state index contributed by atoms with van der Waals surface area (Å²) in [7, 11) is 0. The van der Waals surface area contributed by atoms with E-state index < -0.39 is 0 Å². The number of hydrogen-bond donors (Lipinski definition) is 2. The molecule has 1 saturated carbocycles. The molecule has 112 valence electrons. The number of thioether (sulfide) groups is 1. The molecule has 0 bridgehead atoms. The van der Waals surface area contributed by atoms with Gasteiger partial charge < -0.3 is 11.1 Å².